The second kappa shape index (κ2) is 8.04. The van der Waals surface area contributed by atoms with Gasteiger partial charge < -0.3 is 14.5 Å². The van der Waals surface area contributed by atoms with Gasteiger partial charge in [-0.05, 0) is 43.2 Å². The first-order valence-corrected chi connectivity index (χ1v) is 9.92. The van der Waals surface area contributed by atoms with Gasteiger partial charge in [0.1, 0.15) is 17.3 Å². The molecule has 0 saturated carbocycles. The summed E-state index contributed by atoms with van der Waals surface area (Å²) in [6.45, 7) is 1.39. The first-order valence-electron chi connectivity index (χ1n) is 9.92. The summed E-state index contributed by atoms with van der Waals surface area (Å²) in [6, 6.07) is 13.0. The topological polar surface area (TPSA) is 90.0 Å². The summed E-state index contributed by atoms with van der Waals surface area (Å²) in [5, 5.41) is 0. The second-order valence-corrected chi connectivity index (χ2v) is 7.23. The van der Waals surface area contributed by atoms with Crippen molar-refractivity contribution in [2.24, 2.45) is 0 Å². The third-order valence-corrected chi connectivity index (χ3v) is 5.25. The Bertz CT molecular complexity index is 1170. The van der Waals surface area contributed by atoms with Gasteiger partial charge in [-0.2, -0.15) is 0 Å². The Balaban J connectivity index is 1.51. The van der Waals surface area contributed by atoms with Crippen LogP contribution in [0.25, 0.3) is 22.4 Å². The van der Waals surface area contributed by atoms with Gasteiger partial charge in [0.2, 0.25) is 5.88 Å². The lowest BCUT2D eigenvalue weighted by Crippen LogP contribution is -2.17. The van der Waals surface area contributed by atoms with Crippen molar-refractivity contribution in [3.05, 3.63) is 66.1 Å². The summed E-state index contributed by atoms with van der Waals surface area (Å²) in [5.41, 5.74) is 3.74. The van der Waals surface area contributed by atoms with Crippen LogP contribution in [0.1, 0.15) is 34.8 Å². The van der Waals surface area contributed by atoms with Crippen LogP contribution in [0.15, 0.2) is 54.9 Å². The van der Waals surface area contributed by atoms with Crippen molar-refractivity contribution in [1.82, 2.24) is 19.9 Å². The average molecular weight is 400 g/mol. The number of para-hydroxylation sites is 2. The lowest BCUT2D eigenvalue weighted by molar-refractivity contribution is 0.0784. The van der Waals surface area contributed by atoms with Crippen molar-refractivity contribution in [2.45, 2.75) is 18.8 Å². The number of benzene rings is 2. The number of aromatic amines is 1. The number of carbonyl (C=O) groups excluding carboxylic acids is 1. The standard InChI is InChI=1S/C23H20N4O3/c28-13-15-7-8-17(12-18(15)22-26-19-5-1-2-6-20(19)27-22)30-23-21(24-9-10-25-23)16-4-3-11-29-14-16/h1-2,5-10,12-13,16H,3-4,11,14H2,(H,26,27). The summed E-state index contributed by atoms with van der Waals surface area (Å²) in [4.78, 5) is 28.4. The average Bonchev–Trinajstić information content (AvgIpc) is 3.24. The molecule has 0 bridgehead atoms. The second-order valence-electron chi connectivity index (χ2n) is 7.23. The van der Waals surface area contributed by atoms with E-state index in [9.17, 15) is 4.79 Å². The number of nitrogens with zero attached hydrogens (tertiary/aromatic N) is 3. The van der Waals surface area contributed by atoms with Crippen molar-refractivity contribution >= 4 is 17.3 Å². The molecule has 1 N–H and O–H groups in total. The molecule has 7 nitrogen and oxygen atoms in total. The summed E-state index contributed by atoms with van der Waals surface area (Å²) in [7, 11) is 0. The minimum atomic E-state index is 0.159. The lowest BCUT2D eigenvalue weighted by Gasteiger charge is -2.22. The summed E-state index contributed by atoms with van der Waals surface area (Å²) < 4.78 is 11.7. The number of hydrogen-bond acceptors (Lipinski definition) is 6. The van der Waals surface area contributed by atoms with Crippen molar-refractivity contribution in [3.8, 4) is 23.0 Å². The van der Waals surface area contributed by atoms with Gasteiger partial charge in [0.15, 0.2) is 6.29 Å². The third-order valence-electron chi connectivity index (χ3n) is 5.25. The monoisotopic (exact) mass is 400 g/mol. The zero-order valence-corrected chi connectivity index (χ0v) is 16.2. The molecule has 7 heteroatoms. The molecular formula is C23H20N4O3. The summed E-state index contributed by atoms with van der Waals surface area (Å²) in [5.74, 6) is 1.80. The molecule has 1 aliphatic heterocycles. The van der Waals surface area contributed by atoms with E-state index < -0.39 is 0 Å². The molecule has 5 rings (SSSR count). The molecule has 1 unspecified atom stereocenters. The van der Waals surface area contributed by atoms with Gasteiger partial charge >= 0.3 is 0 Å². The van der Waals surface area contributed by atoms with Crippen LogP contribution in [0.2, 0.25) is 0 Å². The van der Waals surface area contributed by atoms with Crippen LogP contribution in [0.3, 0.4) is 0 Å². The first-order chi connectivity index (χ1) is 14.8. The van der Waals surface area contributed by atoms with E-state index in [1.807, 2.05) is 24.3 Å². The van der Waals surface area contributed by atoms with Crippen molar-refractivity contribution in [2.75, 3.05) is 13.2 Å². The number of H-pyrrole nitrogens is 1. The maximum atomic E-state index is 11.6. The highest BCUT2D eigenvalue weighted by Crippen LogP contribution is 2.34. The fraction of sp³-hybridized carbons (Fsp3) is 0.217. The van der Waals surface area contributed by atoms with Crippen LogP contribution in [0.4, 0.5) is 0 Å². The molecule has 0 aliphatic carbocycles. The summed E-state index contributed by atoms with van der Waals surface area (Å²) >= 11 is 0. The maximum absolute atomic E-state index is 11.6. The zero-order valence-electron chi connectivity index (χ0n) is 16.2. The predicted molar refractivity (Wildman–Crippen MR) is 112 cm³/mol. The molecule has 0 amide bonds. The highest BCUT2D eigenvalue weighted by molar-refractivity contribution is 5.89. The van der Waals surface area contributed by atoms with Gasteiger partial charge in [0.25, 0.3) is 0 Å². The number of imidazole rings is 1. The molecule has 1 saturated heterocycles. The van der Waals surface area contributed by atoms with E-state index in [1.165, 1.54) is 0 Å². The number of rotatable bonds is 5. The van der Waals surface area contributed by atoms with Gasteiger partial charge in [-0.3, -0.25) is 9.78 Å². The lowest BCUT2D eigenvalue weighted by atomic mass is 9.98. The molecule has 3 heterocycles. The third kappa shape index (κ3) is 3.55. The molecule has 0 radical (unpaired) electrons. The Morgan fingerprint density at radius 3 is 2.87 bits per heavy atom. The smallest absolute Gasteiger partial charge is 0.241 e. The largest absolute Gasteiger partial charge is 0.437 e. The Kier molecular flexibility index (Phi) is 4.94. The quantitative estimate of drug-likeness (QED) is 0.496. The number of carbonyl (C=O) groups is 1. The van der Waals surface area contributed by atoms with E-state index in [1.54, 1.807) is 30.6 Å². The van der Waals surface area contributed by atoms with Gasteiger partial charge in [-0.15, -0.1) is 0 Å². The number of fused-ring (bicyclic) bond motifs is 1. The highest BCUT2D eigenvalue weighted by Gasteiger charge is 2.23. The number of nitrogens with one attached hydrogen (secondary N) is 1. The minimum Gasteiger partial charge on any atom is -0.437 e. The van der Waals surface area contributed by atoms with Crippen LogP contribution in [-0.2, 0) is 4.74 Å². The van der Waals surface area contributed by atoms with Crippen molar-refractivity contribution in [3.63, 3.8) is 0 Å². The van der Waals surface area contributed by atoms with E-state index in [2.05, 4.69) is 19.9 Å². The molecule has 1 aliphatic rings. The van der Waals surface area contributed by atoms with Crippen LogP contribution < -0.4 is 4.74 Å². The SMILES string of the molecule is O=Cc1ccc(Oc2nccnc2C2CCCOC2)cc1-c1nc2ccccc2[nH]1. The van der Waals surface area contributed by atoms with Gasteiger partial charge in [0.05, 0.1) is 17.6 Å². The van der Waals surface area contributed by atoms with E-state index in [4.69, 9.17) is 9.47 Å². The highest BCUT2D eigenvalue weighted by atomic mass is 16.5. The normalized spacial score (nSPS) is 16.5. The molecular weight excluding hydrogens is 380 g/mol. The maximum Gasteiger partial charge on any atom is 0.241 e. The fourth-order valence-corrected chi connectivity index (χ4v) is 3.75. The zero-order chi connectivity index (χ0) is 20.3. The molecule has 1 fully saturated rings. The Morgan fingerprint density at radius 1 is 1.13 bits per heavy atom. The Labute approximate surface area is 173 Å². The Hall–Kier alpha value is -3.58. The van der Waals surface area contributed by atoms with Crippen molar-refractivity contribution < 1.29 is 14.3 Å². The molecule has 1 atom stereocenters. The fourth-order valence-electron chi connectivity index (χ4n) is 3.75. The van der Waals surface area contributed by atoms with Crippen LogP contribution in [0.5, 0.6) is 11.6 Å². The van der Waals surface area contributed by atoms with Gasteiger partial charge in [0, 0.05) is 36.0 Å². The number of aromatic nitrogens is 4. The molecule has 4 aromatic rings. The Morgan fingerprint density at radius 2 is 2.03 bits per heavy atom. The van der Waals surface area contributed by atoms with Crippen LogP contribution in [-0.4, -0.2) is 39.4 Å². The van der Waals surface area contributed by atoms with Crippen molar-refractivity contribution in [1.29, 1.82) is 0 Å². The number of ether oxygens (including phenoxy) is 2. The van der Waals surface area contributed by atoms with E-state index >= 15 is 0 Å². The van der Waals surface area contributed by atoms with E-state index in [0.29, 0.717) is 35.2 Å². The minimum absolute atomic E-state index is 0.159. The van der Waals surface area contributed by atoms with Gasteiger partial charge in [-0.25, -0.2) is 9.97 Å². The molecule has 2 aromatic heterocycles. The van der Waals surface area contributed by atoms with Crippen LogP contribution >= 0.6 is 0 Å². The molecule has 150 valence electrons. The number of aldehydes is 1. The first kappa shape index (κ1) is 18.4. The molecule has 2 aromatic carbocycles. The van der Waals surface area contributed by atoms with E-state index in [0.717, 1.165) is 42.5 Å². The number of hydrogen-bond donors (Lipinski definition) is 1. The predicted octanol–water partition coefficient (Wildman–Crippen LogP) is 4.52. The van der Waals surface area contributed by atoms with E-state index in [-0.39, 0.29) is 5.92 Å². The van der Waals surface area contributed by atoms with Gasteiger partial charge in [-0.1, -0.05) is 12.1 Å². The molecule has 0 spiro atoms. The molecule has 30 heavy (non-hydrogen) atoms. The van der Waals surface area contributed by atoms with Crippen LogP contribution in [0, 0.1) is 0 Å². The summed E-state index contributed by atoms with van der Waals surface area (Å²) in [6.07, 6.45) is 6.09.